The van der Waals surface area contributed by atoms with Crippen molar-refractivity contribution in [3.63, 3.8) is 0 Å². The molecule has 0 heterocycles. The average Bonchev–Trinajstić information content (AvgIpc) is 2.31. The number of ether oxygens (including phenoxy) is 1. The van der Waals surface area contributed by atoms with Crippen molar-refractivity contribution in [2.75, 3.05) is 6.61 Å². The highest BCUT2D eigenvalue weighted by atomic mass is 16.7. The molecule has 1 aromatic carbocycles. The normalized spacial score (nSPS) is 9.89. The van der Waals surface area contributed by atoms with Crippen LogP contribution in [0.5, 0.6) is 5.75 Å². The molecule has 0 unspecified atom stereocenters. The number of nitrogens with zero attached hydrogens (tertiary/aromatic N) is 1. The first kappa shape index (κ1) is 13.9. The lowest BCUT2D eigenvalue weighted by atomic mass is 10.2. The van der Waals surface area contributed by atoms with Gasteiger partial charge in [0.1, 0.15) is 0 Å². The fourth-order valence-corrected chi connectivity index (χ4v) is 1.25. The molecule has 1 aromatic rings. The number of nitrogens with one attached hydrogen (secondary N) is 1. The zero-order valence-corrected chi connectivity index (χ0v) is 9.71. The van der Waals surface area contributed by atoms with E-state index in [1.165, 1.54) is 12.1 Å². The Bertz CT molecular complexity index is 449. The summed E-state index contributed by atoms with van der Waals surface area (Å²) < 4.78 is 5.16. The van der Waals surface area contributed by atoms with E-state index in [1.807, 2.05) is 0 Å². The highest BCUT2D eigenvalue weighted by molar-refractivity contribution is 5.69. The van der Waals surface area contributed by atoms with Crippen LogP contribution in [0.25, 0.3) is 0 Å². The monoisotopic (exact) mass is 255 g/mol. The second-order valence-electron chi connectivity index (χ2n) is 3.42. The number of carbonyl (C=O) groups is 1. The molecule has 0 aliphatic carbocycles. The van der Waals surface area contributed by atoms with Crippen molar-refractivity contribution in [2.45, 2.75) is 13.3 Å². The Morgan fingerprint density at radius 2 is 2.28 bits per heavy atom. The zero-order chi connectivity index (χ0) is 13.5. The Kier molecular flexibility index (Phi) is 5.03. The molecule has 0 atom stereocenters. The van der Waals surface area contributed by atoms with Crippen LogP contribution in [-0.4, -0.2) is 17.5 Å². The predicted octanol–water partition coefficient (Wildman–Crippen LogP) is 0.594. The molecule has 1 rings (SSSR count). The van der Waals surface area contributed by atoms with Gasteiger partial charge in [-0.2, -0.15) is 0 Å². The molecule has 0 radical (unpaired) electrons. The van der Waals surface area contributed by atoms with E-state index in [0.717, 1.165) is 5.56 Å². The second kappa shape index (κ2) is 6.52. The minimum Gasteiger partial charge on any atom is -0.486 e. The van der Waals surface area contributed by atoms with Crippen molar-refractivity contribution >= 4 is 11.7 Å². The highest BCUT2D eigenvalue weighted by Crippen LogP contribution is 2.27. The van der Waals surface area contributed by atoms with E-state index < -0.39 is 10.9 Å². The van der Waals surface area contributed by atoms with E-state index in [0.29, 0.717) is 0 Å². The number of carbonyl (C=O) groups excluding carboxylic acids is 1. The molecular weight excluding hydrogens is 242 g/mol. The van der Waals surface area contributed by atoms with Crippen LogP contribution >= 0.6 is 0 Å². The van der Waals surface area contributed by atoms with Crippen LogP contribution in [0.4, 0.5) is 5.69 Å². The summed E-state index contributed by atoms with van der Waals surface area (Å²) in [5, 5.41) is 10.8. The van der Waals surface area contributed by atoms with Crippen LogP contribution in [0.2, 0.25) is 0 Å². The molecule has 0 saturated carbocycles. The van der Waals surface area contributed by atoms with Crippen LogP contribution in [0.15, 0.2) is 18.2 Å². The molecule has 98 valence electrons. The van der Waals surface area contributed by atoms with Crippen LogP contribution in [0.3, 0.4) is 0 Å². The summed E-state index contributed by atoms with van der Waals surface area (Å²) in [5.74, 6) is 4.26. The molecule has 8 nitrogen and oxygen atoms in total. The number of nitrogens with two attached hydrogens (primary N) is 1. The third-order valence-electron chi connectivity index (χ3n) is 2.05. The van der Waals surface area contributed by atoms with Crippen molar-refractivity contribution in [3.05, 3.63) is 33.9 Å². The quantitative estimate of drug-likeness (QED) is 0.434. The van der Waals surface area contributed by atoms with E-state index in [1.54, 1.807) is 18.6 Å². The van der Waals surface area contributed by atoms with Gasteiger partial charge in [-0.3, -0.25) is 14.9 Å². The second-order valence-corrected chi connectivity index (χ2v) is 3.42. The largest absolute Gasteiger partial charge is 0.486 e. The van der Waals surface area contributed by atoms with Crippen molar-refractivity contribution < 1.29 is 19.3 Å². The minimum absolute atomic E-state index is 0.0373. The van der Waals surface area contributed by atoms with Gasteiger partial charge in [0.25, 0.3) is 0 Å². The molecule has 0 spiro atoms. The highest BCUT2D eigenvalue weighted by Gasteiger charge is 2.15. The number of nitro groups is 1. The molecule has 3 N–H and O–H groups in total. The lowest BCUT2D eigenvalue weighted by Crippen LogP contribution is -2.27. The van der Waals surface area contributed by atoms with Gasteiger partial charge >= 0.3 is 11.7 Å². The lowest BCUT2D eigenvalue weighted by Gasteiger charge is -2.06. The van der Waals surface area contributed by atoms with E-state index in [9.17, 15) is 14.9 Å². The number of nitro benzene ring substituents is 1. The third kappa shape index (κ3) is 4.00. The Balaban J connectivity index is 2.62. The molecule has 0 saturated heterocycles. The number of rotatable bonds is 6. The first-order valence-corrected chi connectivity index (χ1v) is 5.07. The van der Waals surface area contributed by atoms with E-state index in [2.05, 4.69) is 4.84 Å². The predicted molar refractivity (Wildman–Crippen MR) is 61.4 cm³/mol. The number of hydrogen-bond donors (Lipinski definition) is 2. The smallest absolute Gasteiger partial charge is 0.329 e. The fourth-order valence-electron chi connectivity index (χ4n) is 1.25. The molecule has 0 aliphatic rings. The van der Waals surface area contributed by atoms with Crippen LogP contribution in [0, 0.1) is 17.0 Å². The van der Waals surface area contributed by atoms with Crippen LogP contribution in [0.1, 0.15) is 12.0 Å². The maximum absolute atomic E-state index is 10.9. The molecule has 18 heavy (non-hydrogen) atoms. The van der Waals surface area contributed by atoms with Gasteiger partial charge < -0.3 is 9.57 Å². The summed E-state index contributed by atoms with van der Waals surface area (Å²) in [6, 6.07) is 4.57. The maximum Gasteiger partial charge on any atom is 0.329 e. The summed E-state index contributed by atoms with van der Waals surface area (Å²) in [6.45, 7) is 1.70. The molecule has 0 bridgehead atoms. The maximum atomic E-state index is 10.9. The van der Waals surface area contributed by atoms with E-state index >= 15 is 0 Å². The molecular formula is C10H13N3O5. The first-order chi connectivity index (χ1) is 8.54. The van der Waals surface area contributed by atoms with Gasteiger partial charge in [0.05, 0.1) is 18.0 Å². The van der Waals surface area contributed by atoms with Gasteiger partial charge in [-0.1, -0.05) is 11.7 Å². The molecule has 0 fully saturated rings. The number of benzene rings is 1. The first-order valence-electron chi connectivity index (χ1n) is 5.07. The standard InChI is InChI=1S/C10H13N3O5/c1-7-2-3-9(8(6-7)13(15)16)17-5-4-10(14)18-12-11/h2-3,6,12H,4-5,11H2,1H3. The average molecular weight is 255 g/mol. The van der Waals surface area contributed by atoms with E-state index in [-0.39, 0.29) is 24.5 Å². The van der Waals surface area contributed by atoms with Gasteiger partial charge in [-0.05, 0) is 18.6 Å². The summed E-state index contributed by atoms with van der Waals surface area (Å²) >= 11 is 0. The van der Waals surface area contributed by atoms with Gasteiger partial charge in [0, 0.05) is 6.07 Å². The number of hydrazine groups is 1. The zero-order valence-electron chi connectivity index (χ0n) is 9.71. The molecule has 0 aromatic heterocycles. The van der Waals surface area contributed by atoms with E-state index in [4.69, 9.17) is 10.6 Å². The Hall–Kier alpha value is -2.19. The van der Waals surface area contributed by atoms with Crippen LogP contribution < -0.4 is 16.2 Å². The SMILES string of the molecule is Cc1ccc(OCCC(=O)ONN)c([N+](=O)[O-])c1. The van der Waals surface area contributed by atoms with Crippen molar-refractivity contribution in [1.82, 2.24) is 5.59 Å². The summed E-state index contributed by atoms with van der Waals surface area (Å²) in [5.41, 5.74) is 2.35. The molecule has 0 amide bonds. The fraction of sp³-hybridized carbons (Fsp3) is 0.300. The molecule has 0 aliphatic heterocycles. The summed E-state index contributed by atoms with van der Waals surface area (Å²) in [6.07, 6.45) is -0.0742. The lowest BCUT2D eigenvalue weighted by molar-refractivity contribution is -0.385. The number of hydrogen-bond acceptors (Lipinski definition) is 7. The van der Waals surface area contributed by atoms with Crippen molar-refractivity contribution in [3.8, 4) is 5.75 Å². The summed E-state index contributed by atoms with van der Waals surface area (Å²) in [7, 11) is 0. The van der Waals surface area contributed by atoms with Gasteiger partial charge in [0.2, 0.25) is 0 Å². The minimum atomic E-state index is -0.618. The summed E-state index contributed by atoms with van der Waals surface area (Å²) in [4.78, 5) is 25.4. The topological polar surface area (TPSA) is 117 Å². The van der Waals surface area contributed by atoms with Crippen molar-refractivity contribution in [2.24, 2.45) is 5.84 Å². The van der Waals surface area contributed by atoms with Crippen LogP contribution in [-0.2, 0) is 9.63 Å². The van der Waals surface area contributed by atoms with Gasteiger partial charge in [0.15, 0.2) is 5.75 Å². The Morgan fingerprint density at radius 3 is 2.89 bits per heavy atom. The van der Waals surface area contributed by atoms with Crippen molar-refractivity contribution in [1.29, 1.82) is 0 Å². The molecule has 8 heteroatoms. The number of aryl methyl sites for hydroxylation is 1. The van der Waals surface area contributed by atoms with Gasteiger partial charge in [-0.25, -0.2) is 5.84 Å². The third-order valence-corrected chi connectivity index (χ3v) is 2.05. The Morgan fingerprint density at radius 1 is 1.56 bits per heavy atom. The van der Waals surface area contributed by atoms with Gasteiger partial charge in [-0.15, -0.1) is 0 Å². The Labute approximate surface area is 103 Å².